The highest BCUT2D eigenvalue weighted by Gasteiger charge is 2.35. The molecule has 0 unspecified atom stereocenters. The third-order valence-corrected chi connectivity index (χ3v) is 6.85. The SMILES string of the molecule is COc1ccccc1NC(=O)CN1C(=O)N/C(=C/c2cc(Br)c(OCc3ccccc3Cl)c(Br)c2)C1=O. The summed E-state index contributed by atoms with van der Waals surface area (Å²) in [6.07, 6.45) is 1.52. The van der Waals surface area contributed by atoms with E-state index in [9.17, 15) is 14.4 Å². The van der Waals surface area contributed by atoms with Gasteiger partial charge in [-0.3, -0.25) is 9.59 Å². The molecular weight excluding hydrogens is 630 g/mol. The van der Waals surface area contributed by atoms with Crippen LogP contribution in [0.25, 0.3) is 6.08 Å². The fourth-order valence-electron chi connectivity index (χ4n) is 3.53. The van der Waals surface area contributed by atoms with Gasteiger partial charge in [0.25, 0.3) is 5.91 Å². The van der Waals surface area contributed by atoms with Crippen molar-refractivity contribution < 1.29 is 23.9 Å². The third-order valence-electron chi connectivity index (χ3n) is 5.31. The zero-order valence-corrected chi connectivity index (χ0v) is 23.3. The van der Waals surface area contributed by atoms with Crippen LogP contribution in [0.2, 0.25) is 5.02 Å². The first-order valence-corrected chi connectivity index (χ1v) is 12.9. The Labute approximate surface area is 234 Å². The lowest BCUT2D eigenvalue weighted by Crippen LogP contribution is -2.38. The van der Waals surface area contributed by atoms with Gasteiger partial charge in [0.05, 0.1) is 21.7 Å². The van der Waals surface area contributed by atoms with Crippen LogP contribution in [0.5, 0.6) is 11.5 Å². The standard InChI is InChI=1S/C26H20Br2ClN3O5/c1-36-22-9-5-4-8-20(22)30-23(33)13-32-25(34)21(31-26(32)35)12-15-10-17(27)24(18(28)11-15)37-14-16-6-2-3-7-19(16)29/h2-12H,13-14H2,1H3,(H,30,33)(H,31,35)/b21-12+. The van der Waals surface area contributed by atoms with Gasteiger partial charge in [-0.15, -0.1) is 0 Å². The first kappa shape index (κ1) is 26.7. The predicted octanol–water partition coefficient (Wildman–Crippen LogP) is 5.98. The molecule has 1 aliphatic rings. The van der Waals surface area contributed by atoms with Crippen LogP contribution < -0.4 is 20.1 Å². The highest BCUT2D eigenvalue weighted by atomic mass is 79.9. The largest absolute Gasteiger partial charge is 0.495 e. The maximum Gasteiger partial charge on any atom is 0.329 e. The smallest absolute Gasteiger partial charge is 0.329 e. The highest BCUT2D eigenvalue weighted by molar-refractivity contribution is 9.11. The number of carbonyl (C=O) groups is 3. The van der Waals surface area contributed by atoms with Gasteiger partial charge < -0.3 is 20.1 Å². The topological polar surface area (TPSA) is 97.0 Å². The maximum absolute atomic E-state index is 12.9. The zero-order chi connectivity index (χ0) is 26.5. The average molecular weight is 650 g/mol. The summed E-state index contributed by atoms with van der Waals surface area (Å²) in [4.78, 5) is 38.6. The van der Waals surface area contributed by atoms with E-state index in [-0.39, 0.29) is 12.3 Å². The lowest BCUT2D eigenvalue weighted by molar-refractivity contribution is -0.127. The quantitative estimate of drug-likeness (QED) is 0.231. The van der Waals surface area contributed by atoms with Crippen LogP contribution in [0.3, 0.4) is 0 Å². The van der Waals surface area contributed by atoms with Crippen LogP contribution in [0.15, 0.2) is 75.3 Å². The molecule has 8 nitrogen and oxygen atoms in total. The lowest BCUT2D eigenvalue weighted by Gasteiger charge is -2.13. The second kappa shape index (κ2) is 11.8. The molecule has 0 radical (unpaired) electrons. The van der Waals surface area contributed by atoms with Crippen LogP contribution >= 0.6 is 43.5 Å². The fourth-order valence-corrected chi connectivity index (χ4v) is 5.17. The van der Waals surface area contributed by atoms with E-state index in [1.54, 1.807) is 42.5 Å². The number of rotatable bonds is 8. The fraction of sp³-hybridized carbons (Fsp3) is 0.115. The van der Waals surface area contributed by atoms with E-state index >= 15 is 0 Å². The number of imide groups is 1. The Balaban J connectivity index is 1.45. The Morgan fingerprint density at radius 3 is 2.46 bits per heavy atom. The van der Waals surface area contributed by atoms with Crippen molar-refractivity contribution in [1.29, 1.82) is 0 Å². The number of urea groups is 1. The minimum absolute atomic E-state index is 0.0404. The average Bonchev–Trinajstić information content (AvgIpc) is 3.12. The molecule has 0 atom stereocenters. The van der Waals surface area contributed by atoms with Crippen LogP contribution in [0, 0.1) is 0 Å². The number of hydrogen-bond donors (Lipinski definition) is 2. The van der Waals surface area contributed by atoms with Gasteiger partial charge in [-0.25, -0.2) is 9.69 Å². The Kier molecular flexibility index (Phi) is 8.52. The van der Waals surface area contributed by atoms with Gasteiger partial charge in [0.1, 0.15) is 30.3 Å². The first-order chi connectivity index (χ1) is 17.8. The van der Waals surface area contributed by atoms with Crippen molar-refractivity contribution in [2.24, 2.45) is 0 Å². The van der Waals surface area contributed by atoms with E-state index in [2.05, 4.69) is 42.5 Å². The van der Waals surface area contributed by atoms with Gasteiger partial charge in [-0.2, -0.15) is 0 Å². The van der Waals surface area contributed by atoms with E-state index in [4.69, 9.17) is 21.1 Å². The van der Waals surface area contributed by atoms with Crippen LogP contribution in [0.1, 0.15) is 11.1 Å². The van der Waals surface area contributed by atoms with Crippen LogP contribution in [-0.2, 0) is 16.2 Å². The summed E-state index contributed by atoms with van der Waals surface area (Å²) in [6.45, 7) is -0.194. The summed E-state index contributed by atoms with van der Waals surface area (Å²) in [5.74, 6) is -0.145. The highest BCUT2D eigenvalue weighted by Crippen LogP contribution is 2.36. The molecule has 2 N–H and O–H groups in total. The van der Waals surface area contributed by atoms with Crippen LogP contribution in [-0.4, -0.2) is 36.4 Å². The number of nitrogens with one attached hydrogen (secondary N) is 2. The number of anilines is 1. The molecule has 0 spiro atoms. The molecule has 4 rings (SSSR count). The van der Waals surface area contributed by atoms with E-state index in [1.807, 2.05) is 18.2 Å². The van der Waals surface area contributed by atoms with E-state index < -0.39 is 24.4 Å². The minimum atomic E-state index is -0.691. The van der Waals surface area contributed by atoms with Crippen molar-refractivity contribution in [2.75, 3.05) is 19.0 Å². The molecule has 0 aliphatic carbocycles. The van der Waals surface area contributed by atoms with Crippen molar-refractivity contribution in [1.82, 2.24) is 10.2 Å². The molecule has 0 aromatic heterocycles. The van der Waals surface area contributed by atoms with Gasteiger partial charge >= 0.3 is 6.03 Å². The normalized spacial score (nSPS) is 14.1. The van der Waals surface area contributed by atoms with Crippen LogP contribution in [0.4, 0.5) is 10.5 Å². The predicted molar refractivity (Wildman–Crippen MR) is 147 cm³/mol. The molecule has 37 heavy (non-hydrogen) atoms. The molecule has 1 fully saturated rings. The van der Waals surface area contributed by atoms with E-state index in [1.165, 1.54) is 13.2 Å². The Morgan fingerprint density at radius 1 is 1.08 bits per heavy atom. The van der Waals surface area contributed by atoms with Crippen molar-refractivity contribution >= 4 is 73.1 Å². The van der Waals surface area contributed by atoms with Gasteiger partial charge in [0.2, 0.25) is 5.91 Å². The molecule has 4 amide bonds. The number of amides is 4. The van der Waals surface area contributed by atoms with Gasteiger partial charge in [-0.05, 0) is 73.8 Å². The number of nitrogens with zero attached hydrogens (tertiary/aromatic N) is 1. The minimum Gasteiger partial charge on any atom is -0.495 e. The third kappa shape index (κ3) is 6.33. The van der Waals surface area contributed by atoms with Gasteiger partial charge in [-0.1, -0.05) is 41.9 Å². The maximum atomic E-state index is 12.9. The first-order valence-electron chi connectivity index (χ1n) is 10.9. The summed E-state index contributed by atoms with van der Waals surface area (Å²) in [5, 5.41) is 5.77. The van der Waals surface area contributed by atoms with Crippen molar-refractivity contribution in [3.8, 4) is 11.5 Å². The number of carbonyl (C=O) groups excluding carboxylic acids is 3. The molecule has 0 bridgehead atoms. The summed E-state index contributed by atoms with van der Waals surface area (Å²) in [6, 6.07) is 17.0. The summed E-state index contributed by atoms with van der Waals surface area (Å²) in [5.41, 5.74) is 1.93. The number of benzene rings is 3. The Morgan fingerprint density at radius 2 is 1.76 bits per heavy atom. The zero-order valence-electron chi connectivity index (χ0n) is 19.4. The molecule has 1 heterocycles. The monoisotopic (exact) mass is 647 g/mol. The van der Waals surface area contributed by atoms with E-state index in [0.717, 1.165) is 10.5 Å². The lowest BCUT2D eigenvalue weighted by atomic mass is 10.2. The van der Waals surface area contributed by atoms with Crippen molar-refractivity contribution in [2.45, 2.75) is 6.61 Å². The summed E-state index contributed by atoms with van der Waals surface area (Å²) in [7, 11) is 1.48. The second-order valence-electron chi connectivity index (χ2n) is 7.82. The number of para-hydroxylation sites is 2. The molecule has 3 aromatic rings. The number of methoxy groups -OCH3 is 1. The van der Waals surface area contributed by atoms with Gasteiger partial charge in [0.15, 0.2) is 0 Å². The number of halogens is 3. The van der Waals surface area contributed by atoms with E-state index in [0.29, 0.717) is 36.7 Å². The molecule has 0 saturated carbocycles. The van der Waals surface area contributed by atoms with Gasteiger partial charge in [0, 0.05) is 10.6 Å². The van der Waals surface area contributed by atoms with Crippen molar-refractivity contribution in [3.05, 3.63) is 91.5 Å². The molecule has 1 saturated heterocycles. The molecule has 11 heteroatoms. The number of ether oxygens (including phenoxy) is 2. The summed E-state index contributed by atoms with van der Waals surface area (Å²) >= 11 is 13.2. The molecule has 1 aliphatic heterocycles. The molecular formula is C26H20Br2ClN3O5. The summed E-state index contributed by atoms with van der Waals surface area (Å²) < 4.78 is 12.4. The van der Waals surface area contributed by atoms with Crippen molar-refractivity contribution in [3.63, 3.8) is 0 Å². The number of hydrogen-bond acceptors (Lipinski definition) is 5. The molecule has 3 aromatic carbocycles. The Bertz CT molecular complexity index is 1390. The molecule has 190 valence electrons. The second-order valence-corrected chi connectivity index (χ2v) is 9.94. The Hall–Kier alpha value is -3.34.